The monoisotopic (exact) mass is 308 g/mol. The Bertz CT molecular complexity index is 459. The molecule has 1 saturated heterocycles. The standard InChI is InChI=1S/C17H28N2O3/c1-13(2)22-16-5-4-14(12-17(16)21-3)15(20)6-9-19-10-7-18-8-11-19/h4-5,12-13,15,18,20H,6-11H2,1-3H3. The molecule has 2 N–H and O–H groups in total. The van der Waals surface area contributed by atoms with E-state index in [0.717, 1.165) is 50.5 Å². The second kappa shape index (κ2) is 8.36. The van der Waals surface area contributed by atoms with E-state index < -0.39 is 6.10 Å². The van der Waals surface area contributed by atoms with Gasteiger partial charge in [-0.3, -0.25) is 0 Å². The third-order valence-corrected chi connectivity index (χ3v) is 3.86. The van der Waals surface area contributed by atoms with E-state index in [2.05, 4.69) is 10.2 Å². The van der Waals surface area contributed by atoms with Crippen LogP contribution in [0.1, 0.15) is 31.9 Å². The van der Waals surface area contributed by atoms with Crippen LogP contribution in [0, 0.1) is 0 Å². The minimum Gasteiger partial charge on any atom is -0.493 e. The molecule has 1 atom stereocenters. The van der Waals surface area contributed by atoms with Crippen molar-refractivity contribution in [1.82, 2.24) is 10.2 Å². The molecule has 0 aromatic heterocycles. The molecule has 2 rings (SSSR count). The van der Waals surface area contributed by atoms with Crippen LogP contribution < -0.4 is 14.8 Å². The molecule has 1 aliphatic heterocycles. The summed E-state index contributed by atoms with van der Waals surface area (Å²) in [6, 6.07) is 5.67. The average molecular weight is 308 g/mol. The summed E-state index contributed by atoms with van der Waals surface area (Å²) in [5, 5.41) is 13.7. The van der Waals surface area contributed by atoms with Crippen molar-refractivity contribution in [2.75, 3.05) is 39.8 Å². The summed E-state index contributed by atoms with van der Waals surface area (Å²) >= 11 is 0. The summed E-state index contributed by atoms with van der Waals surface area (Å²) in [6.07, 6.45) is 0.349. The maximum absolute atomic E-state index is 10.4. The van der Waals surface area contributed by atoms with E-state index in [9.17, 15) is 5.11 Å². The van der Waals surface area contributed by atoms with Crippen LogP contribution in [0.5, 0.6) is 11.5 Å². The maximum atomic E-state index is 10.4. The second-order valence-electron chi connectivity index (χ2n) is 5.97. The van der Waals surface area contributed by atoms with Crippen LogP contribution in [0.15, 0.2) is 18.2 Å². The topological polar surface area (TPSA) is 54.0 Å². The van der Waals surface area contributed by atoms with E-state index in [1.807, 2.05) is 32.0 Å². The zero-order valence-electron chi connectivity index (χ0n) is 13.8. The summed E-state index contributed by atoms with van der Waals surface area (Å²) in [7, 11) is 1.62. The van der Waals surface area contributed by atoms with Gasteiger partial charge in [0, 0.05) is 32.7 Å². The lowest BCUT2D eigenvalue weighted by Gasteiger charge is -2.28. The molecule has 0 aliphatic carbocycles. The maximum Gasteiger partial charge on any atom is 0.161 e. The molecule has 0 spiro atoms. The van der Waals surface area contributed by atoms with Crippen LogP contribution >= 0.6 is 0 Å². The predicted octanol–water partition coefficient (Wildman–Crippen LogP) is 1.81. The van der Waals surface area contributed by atoms with Crippen molar-refractivity contribution in [3.63, 3.8) is 0 Å². The van der Waals surface area contributed by atoms with Gasteiger partial charge in [-0.2, -0.15) is 0 Å². The summed E-state index contributed by atoms with van der Waals surface area (Å²) in [5.74, 6) is 1.39. The zero-order valence-corrected chi connectivity index (χ0v) is 13.8. The number of hydrogen-bond acceptors (Lipinski definition) is 5. The Morgan fingerprint density at radius 3 is 2.59 bits per heavy atom. The lowest BCUT2D eigenvalue weighted by Crippen LogP contribution is -2.44. The summed E-state index contributed by atoms with van der Waals surface area (Å²) in [6.45, 7) is 9.05. The highest BCUT2D eigenvalue weighted by Gasteiger charge is 2.15. The Balaban J connectivity index is 1.95. The van der Waals surface area contributed by atoms with E-state index in [1.165, 1.54) is 0 Å². The van der Waals surface area contributed by atoms with Crippen molar-refractivity contribution in [3.8, 4) is 11.5 Å². The van der Waals surface area contributed by atoms with Crippen molar-refractivity contribution < 1.29 is 14.6 Å². The van der Waals surface area contributed by atoms with Gasteiger partial charge in [-0.25, -0.2) is 0 Å². The number of ether oxygens (including phenoxy) is 2. The first-order valence-electron chi connectivity index (χ1n) is 8.06. The van der Waals surface area contributed by atoms with E-state index in [0.29, 0.717) is 5.75 Å². The number of aliphatic hydroxyl groups excluding tert-OH is 1. The van der Waals surface area contributed by atoms with Crippen LogP contribution in [0.25, 0.3) is 0 Å². The molecule has 0 radical (unpaired) electrons. The Morgan fingerprint density at radius 2 is 1.95 bits per heavy atom. The van der Waals surface area contributed by atoms with Gasteiger partial charge >= 0.3 is 0 Å². The fraction of sp³-hybridized carbons (Fsp3) is 0.647. The van der Waals surface area contributed by atoms with Crippen molar-refractivity contribution in [3.05, 3.63) is 23.8 Å². The van der Waals surface area contributed by atoms with Crippen molar-refractivity contribution in [2.24, 2.45) is 0 Å². The van der Waals surface area contributed by atoms with Gasteiger partial charge in [0.25, 0.3) is 0 Å². The molecular formula is C17H28N2O3. The van der Waals surface area contributed by atoms with Crippen molar-refractivity contribution in [1.29, 1.82) is 0 Å². The smallest absolute Gasteiger partial charge is 0.161 e. The van der Waals surface area contributed by atoms with Gasteiger partial charge in [0.2, 0.25) is 0 Å². The van der Waals surface area contributed by atoms with Gasteiger partial charge in [-0.1, -0.05) is 6.07 Å². The molecule has 124 valence electrons. The summed E-state index contributed by atoms with van der Waals surface area (Å²) < 4.78 is 11.1. The van der Waals surface area contributed by atoms with Gasteiger partial charge in [0.15, 0.2) is 11.5 Å². The van der Waals surface area contributed by atoms with Gasteiger partial charge in [-0.15, -0.1) is 0 Å². The first-order valence-corrected chi connectivity index (χ1v) is 8.06. The van der Waals surface area contributed by atoms with Gasteiger partial charge < -0.3 is 24.8 Å². The Labute approximate surface area is 133 Å². The van der Waals surface area contributed by atoms with Crippen molar-refractivity contribution >= 4 is 0 Å². The molecule has 0 bridgehead atoms. The number of benzene rings is 1. The molecule has 1 aromatic carbocycles. The quantitative estimate of drug-likeness (QED) is 0.804. The van der Waals surface area contributed by atoms with Crippen LogP contribution in [0.4, 0.5) is 0 Å². The number of hydrogen-bond donors (Lipinski definition) is 2. The highest BCUT2D eigenvalue weighted by atomic mass is 16.5. The van der Waals surface area contributed by atoms with Gasteiger partial charge in [0.1, 0.15) is 0 Å². The first kappa shape index (κ1) is 17.1. The SMILES string of the molecule is COc1cc(C(O)CCN2CCNCC2)ccc1OC(C)C. The van der Waals surface area contributed by atoms with Gasteiger partial charge in [0.05, 0.1) is 19.3 Å². The fourth-order valence-electron chi connectivity index (χ4n) is 2.65. The third kappa shape index (κ3) is 4.87. The lowest BCUT2D eigenvalue weighted by atomic mass is 10.1. The Kier molecular flexibility index (Phi) is 6.49. The molecule has 5 nitrogen and oxygen atoms in total. The van der Waals surface area contributed by atoms with Crippen LogP contribution in [0.2, 0.25) is 0 Å². The van der Waals surface area contributed by atoms with Crippen LogP contribution in [-0.4, -0.2) is 55.9 Å². The Hall–Kier alpha value is -1.30. The highest BCUT2D eigenvalue weighted by molar-refractivity contribution is 5.43. The molecule has 1 heterocycles. The number of methoxy groups -OCH3 is 1. The van der Waals surface area contributed by atoms with E-state index in [1.54, 1.807) is 7.11 Å². The third-order valence-electron chi connectivity index (χ3n) is 3.86. The Morgan fingerprint density at radius 1 is 1.23 bits per heavy atom. The molecule has 0 saturated carbocycles. The number of nitrogens with zero attached hydrogens (tertiary/aromatic N) is 1. The number of nitrogens with one attached hydrogen (secondary N) is 1. The predicted molar refractivity (Wildman–Crippen MR) is 87.6 cm³/mol. The van der Waals surface area contributed by atoms with E-state index in [4.69, 9.17) is 9.47 Å². The first-order chi connectivity index (χ1) is 10.6. The zero-order chi connectivity index (χ0) is 15.9. The summed E-state index contributed by atoms with van der Waals surface area (Å²) in [4.78, 5) is 2.38. The largest absolute Gasteiger partial charge is 0.493 e. The highest BCUT2D eigenvalue weighted by Crippen LogP contribution is 2.31. The normalized spacial score (nSPS) is 17.5. The molecule has 0 amide bonds. The minimum atomic E-state index is -0.475. The minimum absolute atomic E-state index is 0.0948. The number of piperazine rings is 1. The summed E-state index contributed by atoms with van der Waals surface area (Å²) in [5.41, 5.74) is 0.878. The molecule has 1 fully saturated rings. The van der Waals surface area contributed by atoms with Crippen LogP contribution in [0.3, 0.4) is 0 Å². The molecule has 1 aliphatic rings. The molecule has 1 aromatic rings. The average Bonchev–Trinajstić information content (AvgIpc) is 2.53. The van der Waals surface area contributed by atoms with E-state index in [-0.39, 0.29) is 6.10 Å². The molecular weight excluding hydrogens is 280 g/mol. The van der Waals surface area contributed by atoms with Crippen molar-refractivity contribution in [2.45, 2.75) is 32.5 Å². The lowest BCUT2D eigenvalue weighted by molar-refractivity contribution is 0.136. The van der Waals surface area contributed by atoms with Crippen LogP contribution in [-0.2, 0) is 0 Å². The molecule has 22 heavy (non-hydrogen) atoms. The molecule has 5 heteroatoms. The molecule has 1 unspecified atom stereocenters. The fourth-order valence-corrected chi connectivity index (χ4v) is 2.65. The van der Waals surface area contributed by atoms with Gasteiger partial charge in [-0.05, 0) is 38.0 Å². The van der Waals surface area contributed by atoms with E-state index >= 15 is 0 Å². The number of rotatable bonds is 7. The number of aliphatic hydroxyl groups is 1. The second-order valence-corrected chi connectivity index (χ2v) is 5.97.